The van der Waals surface area contributed by atoms with Crippen LogP contribution >= 0.6 is 12.4 Å². The van der Waals surface area contributed by atoms with E-state index < -0.39 is 0 Å². The van der Waals surface area contributed by atoms with E-state index in [1.807, 2.05) is 0 Å². The maximum atomic E-state index is 8.70. The summed E-state index contributed by atoms with van der Waals surface area (Å²) in [6, 6.07) is 3.58. The summed E-state index contributed by atoms with van der Waals surface area (Å²) in [5.74, 6) is 0.784. The van der Waals surface area contributed by atoms with Gasteiger partial charge in [-0.2, -0.15) is 0 Å². The van der Waals surface area contributed by atoms with Crippen molar-refractivity contribution >= 4 is 18.2 Å². The first-order valence-electron chi connectivity index (χ1n) is 3.10. The monoisotopic (exact) mass is 174 g/mol. The van der Waals surface area contributed by atoms with Gasteiger partial charge in [-0.25, -0.2) is 4.98 Å². The number of pyridine rings is 1. The number of halogens is 1. The molecule has 0 aliphatic carbocycles. The summed E-state index contributed by atoms with van der Waals surface area (Å²) in [5.41, 5.74) is 0.874. The first-order valence-corrected chi connectivity index (χ1v) is 3.10. The molecule has 62 valence electrons. The van der Waals surface area contributed by atoms with Gasteiger partial charge in [0.1, 0.15) is 5.82 Å². The van der Waals surface area contributed by atoms with Crippen molar-refractivity contribution in [3.63, 3.8) is 0 Å². The molecule has 0 amide bonds. The minimum atomic E-state index is 0. The van der Waals surface area contributed by atoms with Crippen LogP contribution in [0.1, 0.15) is 5.56 Å². The third-order valence-electron chi connectivity index (χ3n) is 1.26. The molecule has 1 aromatic heterocycles. The van der Waals surface area contributed by atoms with Crippen LogP contribution < -0.4 is 5.32 Å². The zero-order chi connectivity index (χ0) is 7.40. The highest BCUT2D eigenvalue weighted by Gasteiger charge is 1.91. The van der Waals surface area contributed by atoms with Gasteiger partial charge >= 0.3 is 0 Å². The molecule has 3 nitrogen and oxygen atoms in total. The van der Waals surface area contributed by atoms with Gasteiger partial charge in [-0.1, -0.05) is 0 Å². The summed E-state index contributed by atoms with van der Waals surface area (Å²) in [4.78, 5) is 3.98. The Bertz CT molecular complexity index is 198. The van der Waals surface area contributed by atoms with Crippen LogP contribution in [0.25, 0.3) is 0 Å². The zero-order valence-electron chi connectivity index (χ0n) is 6.24. The molecule has 0 aliphatic heterocycles. The molecule has 4 heteroatoms. The maximum absolute atomic E-state index is 8.70. The highest BCUT2D eigenvalue weighted by Crippen LogP contribution is 2.04. The molecule has 1 heterocycles. The Hall–Kier alpha value is -0.800. The average Bonchev–Trinajstić information content (AvgIpc) is 2.05. The van der Waals surface area contributed by atoms with Crippen LogP contribution in [0.15, 0.2) is 18.3 Å². The molecular formula is C7H11ClN2O. The quantitative estimate of drug-likeness (QED) is 0.704. The number of rotatable bonds is 2. The molecule has 2 N–H and O–H groups in total. The Morgan fingerprint density at radius 3 is 2.91 bits per heavy atom. The van der Waals surface area contributed by atoms with Crippen molar-refractivity contribution in [3.05, 3.63) is 23.9 Å². The van der Waals surface area contributed by atoms with Crippen molar-refractivity contribution in [1.29, 1.82) is 0 Å². The van der Waals surface area contributed by atoms with E-state index in [9.17, 15) is 0 Å². The Labute approximate surface area is 71.9 Å². The highest BCUT2D eigenvalue weighted by atomic mass is 35.5. The maximum Gasteiger partial charge on any atom is 0.125 e. The third kappa shape index (κ3) is 2.74. The van der Waals surface area contributed by atoms with Gasteiger partial charge < -0.3 is 10.4 Å². The lowest BCUT2D eigenvalue weighted by Gasteiger charge is -1.99. The lowest BCUT2D eigenvalue weighted by Crippen LogP contribution is -1.93. The molecule has 11 heavy (non-hydrogen) atoms. The number of aliphatic hydroxyl groups excluding tert-OH is 1. The number of anilines is 1. The fourth-order valence-corrected chi connectivity index (χ4v) is 0.709. The first kappa shape index (κ1) is 10.2. The van der Waals surface area contributed by atoms with Crippen molar-refractivity contribution in [2.24, 2.45) is 0 Å². The largest absolute Gasteiger partial charge is 0.392 e. The SMILES string of the molecule is CNc1cc(CO)ccn1.Cl. The van der Waals surface area contributed by atoms with Gasteiger partial charge in [0.05, 0.1) is 6.61 Å². The molecule has 0 aliphatic rings. The number of nitrogens with one attached hydrogen (secondary N) is 1. The number of aliphatic hydroxyl groups is 1. The fraction of sp³-hybridized carbons (Fsp3) is 0.286. The minimum Gasteiger partial charge on any atom is -0.392 e. The second-order valence-electron chi connectivity index (χ2n) is 1.96. The molecule has 0 saturated heterocycles. The van der Waals surface area contributed by atoms with Crippen LogP contribution in [0.4, 0.5) is 5.82 Å². The van der Waals surface area contributed by atoms with Gasteiger partial charge in [0.25, 0.3) is 0 Å². The first-order chi connectivity index (χ1) is 4.86. The summed E-state index contributed by atoms with van der Waals surface area (Å²) in [6.45, 7) is 0.0667. The topological polar surface area (TPSA) is 45.1 Å². The summed E-state index contributed by atoms with van der Waals surface area (Å²) in [7, 11) is 1.80. The van der Waals surface area contributed by atoms with E-state index in [1.165, 1.54) is 0 Å². The van der Waals surface area contributed by atoms with Gasteiger partial charge in [-0.3, -0.25) is 0 Å². The van der Waals surface area contributed by atoms with E-state index in [-0.39, 0.29) is 19.0 Å². The fourth-order valence-electron chi connectivity index (χ4n) is 0.709. The van der Waals surface area contributed by atoms with E-state index in [1.54, 1.807) is 25.4 Å². The van der Waals surface area contributed by atoms with Crippen LogP contribution in [-0.2, 0) is 6.61 Å². The molecule has 0 aromatic carbocycles. The van der Waals surface area contributed by atoms with E-state index in [0.717, 1.165) is 11.4 Å². The Kier molecular flexibility index (Phi) is 4.57. The Morgan fingerprint density at radius 2 is 2.36 bits per heavy atom. The summed E-state index contributed by atoms with van der Waals surface area (Å²) in [5, 5.41) is 11.6. The lowest BCUT2D eigenvalue weighted by atomic mass is 10.3. The van der Waals surface area contributed by atoms with Crippen LogP contribution in [0, 0.1) is 0 Å². The molecule has 0 unspecified atom stereocenters. The molecule has 1 aromatic rings. The van der Waals surface area contributed by atoms with E-state index in [0.29, 0.717) is 0 Å². The van der Waals surface area contributed by atoms with Crippen molar-refractivity contribution < 1.29 is 5.11 Å². The van der Waals surface area contributed by atoms with Crippen molar-refractivity contribution in [1.82, 2.24) is 4.98 Å². The van der Waals surface area contributed by atoms with Crippen molar-refractivity contribution in [3.8, 4) is 0 Å². The number of nitrogens with zero attached hydrogens (tertiary/aromatic N) is 1. The molecule has 0 radical (unpaired) electrons. The Morgan fingerprint density at radius 1 is 1.64 bits per heavy atom. The average molecular weight is 175 g/mol. The minimum absolute atomic E-state index is 0. The van der Waals surface area contributed by atoms with E-state index >= 15 is 0 Å². The van der Waals surface area contributed by atoms with Crippen LogP contribution in [0.5, 0.6) is 0 Å². The number of aromatic nitrogens is 1. The van der Waals surface area contributed by atoms with E-state index in [2.05, 4.69) is 10.3 Å². The Balaban J connectivity index is 0.000001000. The molecule has 0 spiro atoms. The van der Waals surface area contributed by atoms with Gasteiger partial charge in [-0.05, 0) is 17.7 Å². The van der Waals surface area contributed by atoms with Crippen molar-refractivity contribution in [2.75, 3.05) is 12.4 Å². The predicted molar refractivity (Wildman–Crippen MR) is 47.0 cm³/mol. The highest BCUT2D eigenvalue weighted by molar-refractivity contribution is 5.85. The van der Waals surface area contributed by atoms with Crippen LogP contribution in [0.3, 0.4) is 0 Å². The van der Waals surface area contributed by atoms with Crippen molar-refractivity contribution in [2.45, 2.75) is 6.61 Å². The molecule has 1 rings (SSSR count). The normalized spacial score (nSPS) is 8.55. The molecule has 0 saturated carbocycles. The zero-order valence-corrected chi connectivity index (χ0v) is 7.06. The van der Waals surface area contributed by atoms with E-state index in [4.69, 9.17) is 5.11 Å². The van der Waals surface area contributed by atoms with Crippen LogP contribution in [-0.4, -0.2) is 17.1 Å². The van der Waals surface area contributed by atoms with Crippen LogP contribution in [0.2, 0.25) is 0 Å². The molecule has 0 fully saturated rings. The van der Waals surface area contributed by atoms with Gasteiger partial charge in [0.2, 0.25) is 0 Å². The molecular weight excluding hydrogens is 164 g/mol. The standard InChI is InChI=1S/C7H10N2O.ClH/c1-8-7-4-6(5-10)2-3-9-7;/h2-4,10H,5H2,1H3,(H,8,9);1H. The summed E-state index contributed by atoms with van der Waals surface area (Å²) in [6.07, 6.45) is 1.66. The van der Waals surface area contributed by atoms with Gasteiger partial charge in [0.15, 0.2) is 0 Å². The third-order valence-corrected chi connectivity index (χ3v) is 1.26. The summed E-state index contributed by atoms with van der Waals surface area (Å²) < 4.78 is 0. The molecule has 0 atom stereocenters. The smallest absolute Gasteiger partial charge is 0.125 e. The second kappa shape index (κ2) is 4.93. The van der Waals surface area contributed by atoms with Gasteiger partial charge in [-0.15, -0.1) is 12.4 Å². The molecule has 0 bridgehead atoms. The lowest BCUT2D eigenvalue weighted by molar-refractivity contribution is 0.282. The number of hydrogen-bond acceptors (Lipinski definition) is 3. The second-order valence-corrected chi connectivity index (χ2v) is 1.96. The predicted octanol–water partition coefficient (Wildman–Crippen LogP) is 1.04. The number of hydrogen-bond donors (Lipinski definition) is 2. The summed E-state index contributed by atoms with van der Waals surface area (Å²) >= 11 is 0. The van der Waals surface area contributed by atoms with Gasteiger partial charge in [0, 0.05) is 13.2 Å².